The number of hydrogen-bond donors (Lipinski definition) is 2. The van der Waals surface area contributed by atoms with Gasteiger partial charge in [-0.15, -0.1) is 0 Å². The highest BCUT2D eigenvalue weighted by atomic mass is 32.1. The summed E-state index contributed by atoms with van der Waals surface area (Å²) in [7, 11) is 3.88. The number of rotatable bonds is 5. The number of benzene rings is 1. The Bertz CT molecular complexity index is 525. The molecule has 0 atom stereocenters. The van der Waals surface area contributed by atoms with Crippen LogP contribution in [-0.4, -0.2) is 36.1 Å². The van der Waals surface area contributed by atoms with E-state index in [1.807, 2.05) is 32.8 Å². The van der Waals surface area contributed by atoms with Crippen LogP contribution in [0.15, 0.2) is 18.2 Å². The van der Waals surface area contributed by atoms with Gasteiger partial charge >= 0.3 is 6.18 Å². The Morgan fingerprint density at radius 2 is 1.86 bits per heavy atom. The molecule has 0 heterocycles. The zero-order valence-corrected chi connectivity index (χ0v) is 13.3. The van der Waals surface area contributed by atoms with Gasteiger partial charge in [0.1, 0.15) is 4.99 Å². The van der Waals surface area contributed by atoms with E-state index in [-0.39, 0.29) is 16.1 Å². The van der Waals surface area contributed by atoms with Crippen LogP contribution in [0.5, 0.6) is 0 Å². The smallest absolute Gasteiger partial charge is 0.389 e. The molecule has 118 valence electrons. The lowest BCUT2D eigenvalue weighted by atomic mass is 10.0. The Kier molecular flexibility index (Phi) is 5.22. The largest absolute Gasteiger partial charge is 0.417 e. The summed E-state index contributed by atoms with van der Waals surface area (Å²) in [4.78, 5) is 1.76. The summed E-state index contributed by atoms with van der Waals surface area (Å²) in [6, 6.07) is 3.73. The highest BCUT2D eigenvalue weighted by Crippen LogP contribution is 2.33. The number of likely N-dealkylation sites (N-methyl/N-ethyl adjacent to an activating group) is 1. The molecule has 0 unspecified atom stereocenters. The number of halogens is 3. The Labute approximate surface area is 128 Å². The van der Waals surface area contributed by atoms with E-state index in [1.165, 1.54) is 12.1 Å². The van der Waals surface area contributed by atoms with Crippen molar-refractivity contribution < 1.29 is 13.2 Å². The minimum atomic E-state index is -4.47. The first kappa shape index (κ1) is 17.7. The highest BCUT2D eigenvalue weighted by Gasteiger charge is 2.34. The van der Waals surface area contributed by atoms with Gasteiger partial charge in [-0.05, 0) is 46.1 Å². The van der Waals surface area contributed by atoms with Crippen molar-refractivity contribution >= 4 is 22.9 Å². The summed E-state index contributed by atoms with van der Waals surface area (Å²) < 4.78 is 38.6. The summed E-state index contributed by atoms with van der Waals surface area (Å²) >= 11 is 4.72. The fourth-order valence-electron chi connectivity index (χ4n) is 1.58. The number of nitrogens with zero attached hydrogens (tertiary/aromatic N) is 1. The number of alkyl halides is 3. The molecule has 3 nitrogen and oxygen atoms in total. The van der Waals surface area contributed by atoms with E-state index >= 15 is 0 Å². The van der Waals surface area contributed by atoms with Crippen molar-refractivity contribution in [3.63, 3.8) is 0 Å². The summed E-state index contributed by atoms with van der Waals surface area (Å²) in [6.45, 7) is 4.62. The van der Waals surface area contributed by atoms with Gasteiger partial charge in [0.25, 0.3) is 0 Å². The number of nitrogens with two attached hydrogens (primary N) is 1. The monoisotopic (exact) mass is 319 g/mol. The Morgan fingerprint density at radius 1 is 1.29 bits per heavy atom. The van der Waals surface area contributed by atoms with Crippen molar-refractivity contribution in [2.24, 2.45) is 5.73 Å². The van der Waals surface area contributed by atoms with Crippen LogP contribution in [0, 0.1) is 0 Å². The third-order valence-corrected chi connectivity index (χ3v) is 3.75. The molecule has 0 aromatic heterocycles. The first-order chi connectivity index (χ1) is 9.45. The molecule has 0 saturated carbocycles. The van der Waals surface area contributed by atoms with Crippen molar-refractivity contribution in [1.82, 2.24) is 4.90 Å². The van der Waals surface area contributed by atoms with Crippen LogP contribution in [-0.2, 0) is 6.18 Å². The predicted molar refractivity (Wildman–Crippen MR) is 83.6 cm³/mol. The zero-order chi connectivity index (χ0) is 16.4. The van der Waals surface area contributed by atoms with E-state index in [4.69, 9.17) is 18.0 Å². The van der Waals surface area contributed by atoms with Crippen LogP contribution in [0.1, 0.15) is 25.0 Å². The second kappa shape index (κ2) is 6.19. The average Bonchev–Trinajstić information content (AvgIpc) is 2.34. The van der Waals surface area contributed by atoms with Gasteiger partial charge in [-0.3, -0.25) is 0 Å². The molecule has 0 aliphatic heterocycles. The van der Waals surface area contributed by atoms with E-state index in [2.05, 4.69) is 5.32 Å². The van der Waals surface area contributed by atoms with Gasteiger partial charge in [0, 0.05) is 23.3 Å². The molecule has 0 aliphatic carbocycles. The molecule has 3 N–H and O–H groups in total. The second-order valence-corrected chi connectivity index (χ2v) is 6.12. The van der Waals surface area contributed by atoms with E-state index < -0.39 is 11.7 Å². The maximum Gasteiger partial charge on any atom is 0.417 e. The number of hydrogen-bond acceptors (Lipinski definition) is 3. The third kappa shape index (κ3) is 4.57. The standard InChI is InChI=1S/C14H20F3N3S/c1-13(2,20(3)4)8-19-9-5-6-11(14(15,16)17)10(7-9)12(18)21/h5-7,19H,8H2,1-4H3,(H2,18,21). The first-order valence-corrected chi connectivity index (χ1v) is 6.78. The lowest BCUT2D eigenvalue weighted by Gasteiger charge is -2.33. The molecule has 21 heavy (non-hydrogen) atoms. The number of nitrogens with one attached hydrogen (secondary N) is 1. The highest BCUT2D eigenvalue weighted by molar-refractivity contribution is 7.80. The van der Waals surface area contributed by atoms with Crippen molar-refractivity contribution in [2.45, 2.75) is 25.6 Å². The summed E-state index contributed by atoms with van der Waals surface area (Å²) in [5, 5.41) is 3.12. The molecule has 0 amide bonds. The van der Waals surface area contributed by atoms with Crippen LogP contribution in [0.4, 0.5) is 18.9 Å². The number of thiocarbonyl (C=S) groups is 1. The van der Waals surface area contributed by atoms with Gasteiger partial charge in [-0.2, -0.15) is 13.2 Å². The molecule has 0 aliphatic rings. The average molecular weight is 319 g/mol. The fraction of sp³-hybridized carbons (Fsp3) is 0.500. The topological polar surface area (TPSA) is 41.3 Å². The van der Waals surface area contributed by atoms with E-state index in [0.717, 1.165) is 6.07 Å². The van der Waals surface area contributed by atoms with Gasteiger partial charge in [-0.25, -0.2) is 0 Å². The fourth-order valence-corrected chi connectivity index (χ4v) is 1.75. The molecule has 0 spiro atoms. The molecule has 0 bridgehead atoms. The molecule has 1 aromatic carbocycles. The molecule has 1 aromatic rings. The minimum Gasteiger partial charge on any atom is -0.389 e. The van der Waals surface area contributed by atoms with E-state index in [9.17, 15) is 13.2 Å². The van der Waals surface area contributed by atoms with Crippen LogP contribution >= 0.6 is 12.2 Å². The lowest BCUT2D eigenvalue weighted by Crippen LogP contribution is -2.44. The van der Waals surface area contributed by atoms with Gasteiger partial charge < -0.3 is 16.0 Å². The SMILES string of the molecule is CN(C)C(C)(C)CNc1ccc(C(F)(F)F)c(C(N)=S)c1. The molecular formula is C14H20F3N3S. The molecule has 0 radical (unpaired) electrons. The molecule has 1 rings (SSSR count). The molecule has 0 saturated heterocycles. The Balaban J connectivity index is 3.03. The normalized spacial score (nSPS) is 12.6. The molecular weight excluding hydrogens is 299 g/mol. The van der Waals surface area contributed by atoms with Crippen LogP contribution in [0.3, 0.4) is 0 Å². The van der Waals surface area contributed by atoms with Crippen LogP contribution in [0.2, 0.25) is 0 Å². The second-order valence-electron chi connectivity index (χ2n) is 5.68. The van der Waals surface area contributed by atoms with Gasteiger partial charge in [-0.1, -0.05) is 12.2 Å². The predicted octanol–water partition coefficient (Wildman–Crippen LogP) is 3.09. The molecule has 0 fully saturated rings. The van der Waals surface area contributed by atoms with Crippen molar-refractivity contribution in [2.75, 3.05) is 26.0 Å². The van der Waals surface area contributed by atoms with Crippen LogP contribution < -0.4 is 11.1 Å². The minimum absolute atomic E-state index is 0.147. The van der Waals surface area contributed by atoms with Gasteiger partial charge in [0.05, 0.1) is 5.56 Å². The maximum absolute atomic E-state index is 12.9. The van der Waals surface area contributed by atoms with E-state index in [0.29, 0.717) is 12.2 Å². The summed E-state index contributed by atoms with van der Waals surface area (Å²) in [5.41, 5.74) is 4.84. The van der Waals surface area contributed by atoms with Crippen molar-refractivity contribution in [3.8, 4) is 0 Å². The number of anilines is 1. The quantitative estimate of drug-likeness (QED) is 0.819. The Morgan fingerprint density at radius 3 is 2.29 bits per heavy atom. The van der Waals surface area contributed by atoms with Crippen molar-refractivity contribution in [1.29, 1.82) is 0 Å². The third-order valence-electron chi connectivity index (χ3n) is 3.53. The first-order valence-electron chi connectivity index (χ1n) is 6.37. The van der Waals surface area contributed by atoms with E-state index in [1.54, 1.807) is 0 Å². The Hall–Kier alpha value is -1.34. The van der Waals surface area contributed by atoms with Gasteiger partial charge in [0.15, 0.2) is 0 Å². The summed E-state index contributed by atoms with van der Waals surface area (Å²) in [5.74, 6) is 0. The molecule has 7 heteroatoms. The van der Waals surface area contributed by atoms with Gasteiger partial charge in [0.2, 0.25) is 0 Å². The summed E-state index contributed by atoms with van der Waals surface area (Å²) in [6.07, 6.45) is -4.47. The maximum atomic E-state index is 12.9. The lowest BCUT2D eigenvalue weighted by molar-refractivity contribution is -0.137. The van der Waals surface area contributed by atoms with Crippen molar-refractivity contribution in [3.05, 3.63) is 29.3 Å². The zero-order valence-electron chi connectivity index (χ0n) is 12.5. The van der Waals surface area contributed by atoms with Crippen LogP contribution in [0.25, 0.3) is 0 Å².